The first-order valence-electron chi connectivity index (χ1n) is 8.20. The average molecular weight is 328 g/mol. The number of benzene rings is 2. The summed E-state index contributed by atoms with van der Waals surface area (Å²) in [4.78, 5) is 16.4. The molecule has 0 saturated carbocycles. The maximum Gasteiger partial charge on any atom is 0.254 e. The Bertz CT molecular complexity index is 712. The molecule has 3 rings (SSSR count). The molecule has 0 aromatic heterocycles. The summed E-state index contributed by atoms with van der Waals surface area (Å²) in [5.74, 6) is 0.472. The van der Waals surface area contributed by atoms with E-state index in [0.717, 1.165) is 0 Å². The first kappa shape index (κ1) is 16.3. The summed E-state index contributed by atoms with van der Waals surface area (Å²) in [6.45, 7) is 4.88. The Kier molecular flexibility index (Phi) is 4.99. The normalized spacial score (nSPS) is 14.6. The number of carbonyl (C=O) groups excluding carboxylic acids is 1. The maximum absolute atomic E-state index is 13.9. The molecule has 1 fully saturated rings. The Morgan fingerprint density at radius 2 is 1.83 bits per heavy atom. The second-order valence-electron chi connectivity index (χ2n) is 5.69. The van der Waals surface area contributed by atoms with Crippen molar-refractivity contribution in [1.29, 1.82) is 0 Å². The molecule has 0 bridgehead atoms. The molecule has 1 saturated heterocycles. The minimum absolute atomic E-state index is 0.00950. The van der Waals surface area contributed by atoms with Gasteiger partial charge in [0.05, 0.1) is 12.3 Å². The van der Waals surface area contributed by atoms with Gasteiger partial charge in [-0.3, -0.25) is 4.79 Å². The zero-order valence-corrected chi connectivity index (χ0v) is 13.7. The van der Waals surface area contributed by atoms with Crippen LogP contribution in [-0.4, -0.2) is 43.6 Å². The van der Waals surface area contributed by atoms with Crippen LogP contribution in [0.1, 0.15) is 17.3 Å². The lowest BCUT2D eigenvalue weighted by molar-refractivity contribution is 0.0746. The van der Waals surface area contributed by atoms with E-state index < -0.39 is 0 Å². The molecule has 0 unspecified atom stereocenters. The van der Waals surface area contributed by atoms with Crippen LogP contribution in [0, 0.1) is 5.82 Å². The molecule has 1 aliphatic heterocycles. The van der Waals surface area contributed by atoms with E-state index in [2.05, 4.69) is 0 Å². The fourth-order valence-corrected chi connectivity index (χ4v) is 2.93. The lowest BCUT2D eigenvalue weighted by Gasteiger charge is -2.36. The van der Waals surface area contributed by atoms with Gasteiger partial charge in [0.25, 0.3) is 5.91 Å². The largest absolute Gasteiger partial charge is 0.494 e. The van der Waals surface area contributed by atoms with Crippen molar-refractivity contribution in [2.45, 2.75) is 6.92 Å². The van der Waals surface area contributed by atoms with Crippen LogP contribution in [0.5, 0.6) is 5.75 Å². The third-order valence-electron chi connectivity index (χ3n) is 4.15. The van der Waals surface area contributed by atoms with Gasteiger partial charge in [-0.1, -0.05) is 18.2 Å². The van der Waals surface area contributed by atoms with Crippen LogP contribution in [0.3, 0.4) is 0 Å². The van der Waals surface area contributed by atoms with Crippen LogP contribution >= 0.6 is 0 Å². The van der Waals surface area contributed by atoms with E-state index in [1.165, 1.54) is 6.07 Å². The fourth-order valence-electron chi connectivity index (χ4n) is 2.93. The van der Waals surface area contributed by atoms with Gasteiger partial charge in [0.2, 0.25) is 0 Å². The van der Waals surface area contributed by atoms with Crippen LogP contribution in [0.2, 0.25) is 0 Å². The van der Waals surface area contributed by atoms with Crippen molar-refractivity contribution in [1.82, 2.24) is 4.90 Å². The molecule has 126 valence electrons. The molecule has 0 atom stereocenters. The Hall–Kier alpha value is -2.56. The second kappa shape index (κ2) is 7.34. The van der Waals surface area contributed by atoms with Gasteiger partial charge in [0, 0.05) is 31.7 Å². The summed E-state index contributed by atoms with van der Waals surface area (Å²) in [5, 5.41) is 0. The first-order valence-corrected chi connectivity index (χ1v) is 8.20. The van der Waals surface area contributed by atoms with Gasteiger partial charge in [-0.05, 0) is 37.3 Å². The quantitative estimate of drug-likeness (QED) is 0.864. The Balaban J connectivity index is 1.65. The van der Waals surface area contributed by atoms with Crippen molar-refractivity contribution < 1.29 is 13.9 Å². The molecule has 0 aliphatic carbocycles. The number of hydrogen-bond donors (Lipinski definition) is 0. The summed E-state index contributed by atoms with van der Waals surface area (Å²) in [5.41, 5.74) is 1.23. The monoisotopic (exact) mass is 328 g/mol. The highest BCUT2D eigenvalue weighted by Gasteiger charge is 2.23. The topological polar surface area (TPSA) is 32.8 Å². The van der Waals surface area contributed by atoms with Crippen LogP contribution in [0.4, 0.5) is 10.1 Å². The molecule has 2 aromatic rings. The molecule has 4 nitrogen and oxygen atoms in total. The maximum atomic E-state index is 13.9. The van der Waals surface area contributed by atoms with E-state index in [-0.39, 0.29) is 11.7 Å². The number of piperazine rings is 1. The van der Waals surface area contributed by atoms with Crippen LogP contribution in [0.15, 0.2) is 48.5 Å². The Morgan fingerprint density at radius 1 is 1.08 bits per heavy atom. The van der Waals surface area contributed by atoms with Crippen molar-refractivity contribution in [2.24, 2.45) is 0 Å². The van der Waals surface area contributed by atoms with Crippen LogP contribution < -0.4 is 9.64 Å². The number of rotatable bonds is 4. The molecule has 1 heterocycles. The van der Waals surface area contributed by atoms with Gasteiger partial charge in [-0.25, -0.2) is 4.39 Å². The minimum atomic E-state index is -0.221. The highest BCUT2D eigenvalue weighted by atomic mass is 19.1. The Morgan fingerprint density at radius 3 is 2.54 bits per heavy atom. The number of anilines is 1. The van der Waals surface area contributed by atoms with Crippen molar-refractivity contribution in [3.63, 3.8) is 0 Å². The van der Waals surface area contributed by atoms with E-state index in [0.29, 0.717) is 49.8 Å². The number of amides is 1. The molecule has 0 spiro atoms. The van der Waals surface area contributed by atoms with E-state index in [1.54, 1.807) is 24.3 Å². The summed E-state index contributed by atoms with van der Waals surface area (Å²) < 4.78 is 19.3. The SMILES string of the molecule is CCOc1cccc(C(=O)N2CCN(c3ccccc3F)CC2)c1. The highest BCUT2D eigenvalue weighted by Crippen LogP contribution is 2.21. The number of ether oxygens (including phenoxy) is 1. The molecule has 2 aromatic carbocycles. The van der Waals surface area contributed by atoms with Gasteiger partial charge < -0.3 is 14.5 Å². The lowest BCUT2D eigenvalue weighted by Crippen LogP contribution is -2.49. The number of para-hydroxylation sites is 1. The van der Waals surface area contributed by atoms with E-state index >= 15 is 0 Å². The molecule has 1 aliphatic rings. The van der Waals surface area contributed by atoms with E-state index in [4.69, 9.17) is 4.74 Å². The van der Waals surface area contributed by atoms with Crippen LogP contribution in [0.25, 0.3) is 0 Å². The van der Waals surface area contributed by atoms with Gasteiger partial charge in [0.15, 0.2) is 0 Å². The highest BCUT2D eigenvalue weighted by molar-refractivity contribution is 5.94. The summed E-state index contributed by atoms with van der Waals surface area (Å²) in [6.07, 6.45) is 0. The van der Waals surface area contributed by atoms with Crippen molar-refractivity contribution in [3.05, 3.63) is 59.9 Å². The number of halogens is 1. The predicted octanol–water partition coefficient (Wildman–Crippen LogP) is 3.19. The number of carbonyl (C=O) groups is 1. The van der Waals surface area contributed by atoms with Crippen LogP contribution in [-0.2, 0) is 0 Å². The predicted molar refractivity (Wildman–Crippen MR) is 92.1 cm³/mol. The zero-order valence-electron chi connectivity index (χ0n) is 13.7. The number of nitrogens with zero attached hydrogens (tertiary/aromatic N) is 2. The van der Waals surface area contributed by atoms with Gasteiger partial charge in [0.1, 0.15) is 11.6 Å². The van der Waals surface area contributed by atoms with E-state index in [1.807, 2.05) is 34.9 Å². The minimum Gasteiger partial charge on any atom is -0.494 e. The molecule has 0 N–H and O–H groups in total. The van der Waals surface area contributed by atoms with Gasteiger partial charge >= 0.3 is 0 Å². The van der Waals surface area contributed by atoms with E-state index in [9.17, 15) is 9.18 Å². The zero-order chi connectivity index (χ0) is 16.9. The summed E-state index contributed by atoms with van der Waals surface area (Å²) in [6, 6.07) is 14.0. The van der Waals surface area contributed by atoms with Crippen molar-refractivity contribution in [2.75, 3.05) is 37.7 Å². The molecule has 24 heavy (non-hydrogen) atoms. The Labute approximate surface area is 141 Å². The average Bonchev–Trinajstić information content (AvgIpc) is 2.62. The molecular formula is C19H21FN2O2. The molecule has 0 radical (unpaired) electrons. The summed E-state index contributed by atoms with van der Waals surface area (Å²) >= 11 is 0. The van der Waals surface area contributed by atoms with Crippen molar-refractivity contribution >= 4 is 11.6 Å². The smallest absolute Gasteiger partial charge is 0.254 e. The van der Waals surface area contributed by atoms with Gasteiger partial charge in [-0.2, -0.15) is 0 Å². The van der Waals surface area contributed by atoms with Gasteiger partial charge in [-0.15, -0.1) is 0 Å². The second-order valence-corrected chi connectivity index (χ2v) is 5.69. The third kappa shape index (κ3) is 3.50. The first-order chi connectivity index (χ1) is 11.7. The lowest BCUT2D eigenvalue weighted by atomic mass is 10.1. The standard InChI is InChI=1S/C19H21FN2O2/c1-2-24-16-7-5-6-15(14-16)19(23)22-12-10-21(11-13-22)18-9-4-3-8-17(18)20/h3-9,14H,2,10-13H2,1H3. The molecule has 1 amide bonds. The third-order valence-corrected chi connectivity index (χ3v) is 4.15. The molecule has 5 heteroatoms. The molecular weight excluding hydrogens is 307 g/mol. The number of hydrogen-bond acceptors (Lipinski definition) is 3. The summed E-state index contributed by atoms with van der Waals surface area (Å²) in [7, 11) is 0. The van der Waals surface area contributed by atoms with Crippen molar-refractivity contribution in [3.8, 4) is 5.75 Å². The fraction of sp³-hybridized carbons (Fsp3) is 0.316.